The molecule has 30 heavy (non-hydrogen) atoms. The first-order valence-electron chi connectivity index (χ1n) is 9.28. The van der Waals surface area contributed by atoms with E-state index >= 15 is 0 Å². The molecule has 2 aromatic carbocycles. The van der Waals surface area contributed by atoms with Gasteiger partial charge in [0.15, 0.2) is 5.54 Å². The van der Waals surface area contributed by atoms with Crippen LogP contribution in [0.3, 0.4) is 0 Å². The number of aromatic nitrogens is 2. The van der Waals surface area contributed by atoms with E-state index in [1.165, 1.54) is 0 Å². The van der Waals surface area contributed by atoms with Gasteiger partial charge in [-0.1, -0.05) is 36.7 Å². The number of hydrogen-bond donors (Lipinski definition) is 2. The van der Waals surface area contributed by atoms with Crippen molar-refractivity contribution in [2.45, 2.75) is 18.9 Å². The second-order valence-electron chi connectivity index (χ2n) is 6.83. The summed E-state index contributed by atoms with van der Waals surface area (Å²) in [7, 11) is -3.48. The van der Waals surface area contributed by atoms with Crippen molar-refractivity contribution in [1.29, 1.82) is 0 Å². The summed E-state index contributed by atoms with van der Waals surface area (Å²) in [6.45, 7) is 2.19. The van der Waals surface area contributed by atoms with E-state index in [9.17, 15) is 13.2 Å². The number of anilines is 1. The Balaban J connectivity index is 2.26. The number of carbonyl (C=O) groups excluding carboxylic acids is 1. The molecule has 0 saturated carbocycles. The second kappa shape index (κ2) is 8.83. The number of rotatable bonds is 8. The van der Waals surface area contributed by atoms with E-state index in [0.29, 0.717) is 40.1 Å². The lowest BCUT2D eigenvalue weighted by Crippen LogP contribution is -2.50. The first-order valence-corrected chi connectivity index (χ1v) is 12.1. The number of carbonyl (C=O) groups is 1. The Labute approximate surface area is 185 Å². The van der Waals surface area contributed by atoms with Crippen LogP contribution in [0, 0.1) is 0 Å². The number of benzene rings is 2. The highest BCUT2D eigenvalue weighted by Crippen LogP contribution is 2.35. The lowest BCUT2D eigenvalue weighted by atomic mass is 9.86. The Kier molecular flexibility index (Phi) is 6.59. The van der Waals surface area contributed by atoms with Gasteiger partial charge in [0.05, 0.1) is 23.7 Å². The van der Waals surface area contributed by atoms with Crippen LogP contribution in [0.1, 0.15) is 18.9 Å². The molecule has 1 unspecified atom stereocenters. The SMILES string of the molecule is CCC(C(=O)NCCCl)(c1ccc(Cl)cc1)n1ncc2c(NS(C)(=O)=O)cccc21. The van der Waals surface area contributed by atoms with Gasteiger partial charge in [-0.25, -0.2) is 13.1 Å². The van der Waals surface area contributed by atoms with Crippen LogP contribution in [0.15, 0.2) is 48.7 Å². The Bertz CT molecular complexity index is 1160. The van der Waals surface area contributed by atoms with Gasteiger partial charge in [-0.15, -0.1) is 11.6 Å². The van der Waals surface area contributed by atoms with Crippen LogP contribution in [0.25, 0.3) is 10.9 Å². The van der Waals surface area contributed by atoms with Crippen molar-refractivity contribution < 1.29 is 13.2 Å². The van der Waals surface area contributed by atoms with Gasteiger partial charge in [0.25, 0.3) is 5.91 Å². The maximum absolute atomic E-state index is 13.4. The molecule has 1 heterocycles. The fraction of sp³-hybridized carbons (Fsp3) is 0.300. The van der Waals surface area contributed by atoms with Gasteiger partial charge < -0.3 is 5.32 Å². The minimum absolute atomic E-state index is 0.264. The zero-order valence-electron chi connectivity index (χ0n) is 16.5. The van der Waals surface area contributed by atoms with Gasteiger partial charge >= 0.3 is 0 Å². The van der Waals surface area contributed by atoms with Crippen LogP contribution in [0.4, 0.5) is 5.69 Å². The van der Waals surface area contributed by atoms with E-state index in [4.69, 9.17) is 23.2 Å². The van der Waals surface area contributed by atoms with E-state index in [1.807, 2.05) is 6.92 Å². The number of sulfonamides is 1. The average molecular weight is 469 g/mol. The van der Waals surface area contributed by atoms with E-state index in [-0.39, 0.29) is 11.8 Å². The highest BCUT2D eigenvalue weighted by atomic mass is 35.5. The van der Waals surface area contributed by atoms with Crippen molar-refractivity contribution in [1.82, 2.24) is 15.1 Å². The summed E-state index contributed by atoms with van der Waals surface area (Å²) < 4.78 is 27.6. The maximum Gasteiger partial charge on any atom is 0.252 e. The molecule has 0 aliphatic heterocycles. The van der Waals surface area contributed by atoms with E-state index in [2.05, 4.69) is 15.1 Å². The van der Waals surface area contributed by atoms with Crippen molar-refractivity contribution in [3.8, 4) is 0 Å². The monoisotopic (exact) mass is 468 g/mol. The first-order chi connectivity index (χ1) is 14.2. The molecule has 10 heteroatoms. The summed E-state index contributed by atoms with van der Waals surface area (Å²) >= 11 is 11.9. The fourth-order valence-corrected chi connectivity index (χ4v) is 4.34. The molecule has 160 valence electrons. The van der Waals surface area contributed by atoms with Gasteiger partial charge in [0.2, 0.25) is 10.0 Å². The molecular weight excluding hydrogens is 447 g/mol. The largest absolute Gasteiger partial charge is 0.352 e. The Hall–Kier alpha value is -2.29. The molecule has 3 aromatic rings. The standard InChI is InChI=1S/C20H22Cl2N4O3S/c1-3-20(19(27)23-12-11-21,14-7-9-15(22)10-8-14)26-18-6-4-5-17(16(18)13-24-26)25-30(2,28)29/h4-10,13,25H,3,11-12H2,1-2H3,(H,23,27). The number of nitrogens with zero attached hydrogens (tertiary/aromatic N) is 2. The van der Waals surface area contributed by atoms with Crippen molar-refractivity contribution >= 4 is 55.7 Å². The molecule has 2 N–H and O–H groups in total. The fourth-order valence-electron chi connectivity index (χ4n) is 3.54. The topological polar surface area (TPSA) is 93.1 Å². The molecule has 0 aliphatic carbocycles. The molecule has 0 radical (unpaired) electrons. The number of alkyl halides is 1. The van der Waals surface area contributed by atoms with E-state index < -0.39 is 15.6 Å². The van der Waals surface area contributed by atoms with Crippen LogP contribution < -0.4 is 10.0 Å². The smallest absolute Gasteiger partial charge is 0.252 e. The molecule has 3 rings (SSSR count). The summed E-state index contributed by atoms with van der Waals surface area (Å²) in [5.41, 5.74) is 0.528. The van der Waals surface area contributed by atoms with Gasteiger partial charge in [0, 0.05) is 22.8 Å². The predicted molar refractivity (Wildman–Crippen MR) is 121 cm³/mol. The third kappa shape index (κ3) is 4.26. The zero-order valence-corrected chi connectivity index (χ0v) is 18.9. The molecule has 1 amide bonds. The van der Waals surface area contributed by atoms with Gasteiger partial charge in [-0.05, 0) is 36.2 Å². The number of nitrogens with one attached hydrogen (secondary N) is 2. The predicted octanol–water partition coefficient (Wildman–Crippen LogP) is 3.57. The van der Waals surface area contributed by atoms with Crippen molar-refractivity contribution in [3.05, 3.63) is 59.2 Å². The molecule has 0 bridgehead atoms. The highest BCUT2D eigenvalue weighted by molar-refractivity contribution is 7.92. The lowest BCUT2D eigenvalue weighted by Gasteiger charge is -2.33. The first kappa shape index (κ1) is 22.4. The zero-order chi connectivity index (χ0) is 21.9. The van der Waals surface area contributed by atoms with Crippen LogP contribution in [-0.2, 0) is 20.4 Å². The normalized spacial score (nSPS) is 13.7. The summed E-state index contributed by atoms with van der Waals surface area (Å²) in [5, 5.41) is 8.51. The third-order valence-electron chi connectivity index (χ3n) is 4.86. The van der Waals surface area contributed by atoms with Crippen molar-refractivity contribution in [3.63, 3.8) is 0 Å². The summed E-state index contributed by atoms with van der Waals surface area (Å²) in [6, 6.07) is 12.2. The number of hydrogen-bond acceptors (Lipinski definition) is 4. The lowest BCUT2D eigenvalue weighted by molar-refractivity contribution is -0.128. The molecule has 0 aliphatic rings. The number of fused-ring (bicyclic) bond motifs is 1. The Morgan fingerprint density at radius 1 is 1.20 bits per heavy atom. The number of amides is 1. The highest BCUT2D eigenvalue weighted by Gasteiger charge is 2.42. The average Bonchev–Trinajstić information content (AvgIpc) is 3.13. The van der Waals surface area contributed by atoms with Gasteiger partial charge in [0.1, 0.15) is 0 Å². The second-order valence-corrected chi connectivity index (χ2v) is 9.40. The quantitative estimate of drug-likeness (QED) is 0.494. The minimum Gasteiger partial charge on any atom is -0.352 e. The molecule has 1 aromatic heterocycles. The third-order valence-corrected chi connectivity index (χ3v) is 5.89. The van der Waals surface area contributed by atoms with Crippen molar-refractivity contribution in [2.24, 2.45) is 0 Å². The van der Waals surface area contributed by atoms with Crippen molar-refractivity contribution in [2.75, 3.05) is 23.4 Å². The summed E-state index contributed by atoms with van der Waals surface area (Å²) in [4.78, 5) is 13.4. The Morgan fingerprint density at radius 3 is 2.50 bits per heavy atom. The van der Waals surface area contributed by atoms with Gasteiger partial charge in [-0.2, -0.15) is 5.10 Å². The molecular formula is C20H22Cl2N4O3S. The molecule has 0 spiro atoms. The molecule has 7 nitrogen and oxygen atoms in total. The van der Waals surface area contributed by atoms with E-state index in [0.717, 1.165) is 6.26 Å². The molecule has 0 fully saturated rings. The van der Waals surface area contributed by atoms with Gasteiger partial charge in [-0.3, -0.25) is 9.52 Å². The molecule has 0 saturated heterocycles. The van der Waals surface area contributed by atoms with Crippen LogP contribution in [-0.4, -0.2) is 42.8 Å². The van der Waals surface area contributed by atoms with Crippen LogP contribution in [0.5, 0.6) is 0 Å². The van der Waals surface area contributed by atoms with E-state index in [1.54, 1.807) is 53.3 Å². The maximum atomic E-state index is 13.4. The molecule has 1 atom stereocenters. The van der Waals surface area contributed by atoms with Crippen LogP contribution >= 0.6 is 23.2 Å². The summed E-state index contributed by atoms with van der Waals surface area (Å²) in [5.74, 6) is 0.00786. The summed E-state index contributed by atoms with van der Waals surface area (Å²) in [6.07, 6.45) is 3.03. The minimum atomic E-state index is -3.48. The number of halogens is 2. The Morgan fingerprint density at radius 2 is 1.90 bits per heavy atom. The van der Waals surface area contributed by atoms with Crippen LogP contribution in [0.2, 0.25) is 5.02 Å².